The zero-order valence-electron chi connectivity index (χ0n) is 13.7. The van der Waals surface area contributed by atoms with Crippen LogP contribution < -0.4 is 5.32 Å². The number of aromatic nitrogens is 2. The van der Waals surface area contributed by atoms with Crippen LogP contribution in [0.1, 0.15) is 58.2 Å². The Balaban J connectivity index is 2.53. The average Bonchev–Trinajstić information content (AvgIpc) is 2.92. The smallest absolute Gasteiger partial charge is 0.0640 e. The maximum atomic E-state index is 5.31. The largest absolute Gasteiger partial charge is 0.382 e. The first kappa shape index (κ1) is 17.2. The van der Waals surface area contributed by atoms with Gasteiger partial charge in [-0.1, -0.05) is 13.8 Å². The fourth-order valence-corrected chi connectivity index (χ4v) is 2.51. The molecule has 4 nitrogen and oxygen atoms in total. The van der Waals surface area contributed by atoms with E-state index in [0.29, 0.717) is 18.2 Å². The Bertz CT molecular complexity index is 360. The van der Waals surface area contributed by atoms with Crippen LogP contribution in [0.15, 0.2) is 12.3 Å². The van der Waals surface area contributed by atoms with Crippen molar-refractivity contribution in [1.29, 1.82) is 0 Å². The topological polar surface area (TPSA) is 39.1 Å². The minimum Gasteiger partial charge on any atom is -0.382 e. The lowest BCUT2D eigenvalue weighted by molar-refractivity contribution is 0.106. The Labute approximate surface area is 123 Å². The van der Waals surface area contributed by atoms with Gasteiger partial charge < -0.3 is 10.1 Å². The maximum Gasteiger partial charge on any atom is 0.0640 e. The molecule has 116 valence electrons. The van der Waals surface area contributed by atoms with Crippen molar-refractivity contribution in [2.45, 2.75) is 71.1 Å². The minimum atomic E-state index is 0.327. The molecule has 20 heavy (non-hydrogen) atoms. The molecule has 0 fully saturated rings. The molecule has 0 saturated carbocycles. The van der Waals surface area contributed by atoms with Gasteiger partial charge in [-0.2, -0.15) is 5.10 Å². The molecule has 0 amide bonds. The number of nitrogens with zero attached hydrogens (tertiary/aromatic N) is 2. The summed E-state index contributed by atoms with van der Waals surface area (Å²) in [7, 11) is 3.80. The summed E-state index contributed by atoms with van der Waals surface area (Å²) >= 11 is 0. The second-order valence-electron chi connectivity index (χ2n) is 5.57. The van der Waals surface area contributed by atoms with Gasteiger partial charge in [-0.05, 0) is 45.7 Å². The molecule has 1 heterocycles. The van der Waals surface area contributed by atoms with Gasteiger partial charge in [0.15, 0.2) is 0 Å². The third-order valence-electron chi connectivity index (χ3n) is 4.17. The highest BCUT2D eigenvalue weighted by atomic mass is 16.5. The summed E-state index contributed by atoms with van der Waals surface area (Å²) in [6.07, 6.45) is 7.90. The summed E-state index contributed by atoms with van der Waals surface area (Å²) in [6, 6.07) is 3.16. The summed E-state index contributed by atoms with van der Waals surface area (Å²) in [5.74, 6) is 0. The predicted molar refractivity (Wildman–Crippen MR) is 84.1 cm³/mol. The van der Waals surface area contributed by atoms with Gasteiger partial charge in [0.25, 0.3) is 0 Å². The molecule has 0 spiro atoms. The lowest BCUT2D eigenvalue weighted by atomic mass is 10.0. The van der Waals surface area contributed by atoms with Crippen molar-refractivity contribution >= 4 is 0 Å². The van der Waals surface area contributed by atoms with Gasteiger partial charge in [0.1, 0.15) is 0 Å². The van der Waals surface area contributed by atoms with E-state index in [4.69, 9.17) is 9.84 Å². The highest BCUT2D eigenvalue weighted by Crippen LogP contribution is 2.16. The number of ether oxygens (including phenoxy) is 1. The summed E-state index contributed by atoms with van der Waals surface area (Å²) in [5, 5.41) is 8.12. The van der Waals surface area contributed by atoms with Gasteiger partial charge in [0.05, 0.1) is 17.8 Å². The predicted octanol–water partition coefficient (Wildman–Crippen LogP) is 3.19. The fraction of sp³-hybridized carbons (Fsp3) is 0.812. The Morgan fingerprint density at radius 3 is 2.55 bits per heavy atom. The molecule has 0 aliphatic carbocycles. The lowest BCUT2D eigenvalue weighted by Crippen LogP contribution is -2.29. The van der Waals surface area contributed by atoms with Crippen LogP contribution in [0.25, 0.3) is 0 Å². The molecule has 1 aromatic heterocycles. The van der Waals surface area contributed by atoms with Crippen LogP contribution in [-0.4, -0.2) is 36.1 Å². The number of rotatable bonds is 10. The second kappa shape index (κ2) is 9.14. The van der Waals surface area contributed by atoms with E-state index in [0.717, 1.165) is 32.1 Å². The van der Waals surface area contributed by atoms with Gasteiger partial charge >= 0.3 is 0 Å². The fourth-order valence-electron chi connectivity index (χ4n) is 2.51. The van der Waals surface area contributed by atoms with Crippen molar-refractivity contribution in [1.82, 2.24) is 15.1 Å². The molecular weight excluding hydrogens is 250 g/mol. The van der Waals surface area contributed by atoms with Crippen molar-refractivity contribution in [2.75, 3.05) is 14.2 Å². The molecule has 2 atom stereocenters. The second-order valence-corrected chi connectivity index (χ2v) is 5.57. The number of hydrogen-bond donors (Lipinski definition) is 1. The van der Waals surface area contributed by atoms with Gasteiger partial charge in [-0.25, -0.2) is 0 Å². The number of methoxy groups -OCH3 is 1. The van der Waals surface area contributed by atoms with Crippen LogP contribution in [0.2, 0.25) is 0 Å². The van der Waals surface area contributed by atoms with Crippen molar-refractivity contribution in [3.05, 3.63) is 18.0 Å². The molecular formula is C16H31N3O. The third kappa shape index (κ3) is 5.25. The van der Waals surface area contributed by atoms with Crippen LogP contribution in [0, 0.1) is 0 Å². The Kier molecular flexibility index (Phi) is 7.85. The Morgan fingerprint density at radius 2 is 2.00 bits per heavy atom. The van der Waals surface area contributed by atoms with E-state index in [1.54, 1.807) is 7.11 Å². The zero-order chi connectivity index (χ0) is 15.0. The van der Waals surface area contributed by atoms with E-state index < -0.39 is 0 Å². The Hall–Kier alpha value is -0.870. The van der Waals surface area contributed by atoms with Gasteiger partial charge in [-0.3, -0.25) is 4.68 Å². The SMILES string of the molecule is CCC(CC)n1ccc(CC(CCC(C)OC)NC)n1. The third-order valence-corrected chi connectivity index (χ3v) is 4.17. The van der Waals surface area contributed by atoms with E-state index in [2.05, 4.69) is 43.0 Å². The monoisotopic (exact) mass is 281 g/mol. The summed E-state index contributed by atoms with van der Waals surface area (Å²) < 4.78 is 7.44. The van der Waals surface area contributed by atoms with E-state index in [1.807, 2.05) is 7.05 Å². The molecule has 0 bridgehead atoms. The van der Waals surface area contributed by atoms with Crippen LogP contribution in [0.3, 0.4) is 0 Å². The molecule has 1 aromatic rings. The highest BCUT2D eigenvalue weighted by Gasteiger charge is 2.13. The van der Waals surface area contributed by atoms with Crippen LogP contribution in [0.5, 0.6) is 0 Å². The maximum absolute atomic E-state index is 5.31. The van der Waals surface area contributed by atoms with Crippen molar-refractivity contribution < 1.29 is 4.74 Å². The lowest BCUT2D eigenvalue weighted by Gasteiger charge is -2.17. The highest BCUT2D eigenvalue weighted by molar-refractivity contribution is 5.02. The van der Waals surface area contributed by atoms with E-state index in [9.17, 15) is 0 Å². The van der Waals surface area contributed by atoms with Crippen LogP contribution in [-0.2, 0) is 11.2 Å². The quantitative estimate of drug-likeness (QED) is 0.716. The molecule has 0 radical (unpaired) electrons. The first-order chi connectivity index (χ1) is 9.64. The molecule has 4 heteroatoms. The molecule has 0 aromatic carbocycles. The number of likely N-dealkylation sites (N-methyl/N-ethyl adjacent to an activating group) is 1. The molecule has 2 unspecified atom stereocenters. The molecule has 0 aliphatic rings. The standard InChI is InChI=1S/C16H31N3O/c1-6-16(7-2)19-11-10-15(18-19)12-14(17-4)9-8-13(3)20-5/h10-11,13-14,16-17H,6-9,12H2,1-5H3. The first-order valence-corrected chi connectivity index (χ1v) is 7.88. The number of nitrogens with one attached hydrogen (secondary N) is 1. The molecule has 1 rings (SSSR count). The molecule has 0 saturated heterocycles. The Morgan fingerprint density at radius 1 is 1.30 bits per heavy atom. The van der Waals surface area contributed by atoms with E-state index >= 15 is 0 Å². The van der Waals surface area contributed by atoms with E-state index in [1.165, 1.54) is 5.69 Å². The van der Waals surface area contributed by atoms with Crippen LogP contribution >= 0.6 is 0 Å². The van der Waals surface area contributed by atoms with Crippen molar-refractivity contribution in [3.8, 4) is 0 Å². The summed E-state index contributed by atoms with van der Waals surface area (Å²) in [4.78, 5) is 0. The number of hydrogen-bond acceptors (Lipinski definition) is 3. The summed E-state index contributed by atoms with van der Waals surface area (Å²) in [6.45, 7) is 6.56. The van der Waals surface area contributed by atoms with Gasteiger partial charge in [0, 0.05) is 25.8 Å². The summed E-state index contributed by atoms with van der Waals surface area (Å²) in [5.41, 5.74) is 1.18. The minimum absolute atomic E-state index is 0.327. The van der Waals surface area contributed by atoms with E-state index in [-0.39, 0.29) is 0 Å². The molecule has 0 aliphatic heterocycles. The molecule has 1 N–H and O–H groups in total. The normalized spacial score (nSPS) is 14.7. The van der Waals surface area contributed by atoms with Crippen molar-refractivity contribution in [2.24, 2.45) is 0 Å². The van der Waals surface area contributed by atoms with Gasteiger partial charge in [0.2, 0.25) is 0 Å². The van der Waals surface area contributed by atoms with Crippen LogP contribution in [0.4, 0.5) is 0 Å². The first-order valence-electron chi connectivity index (χ1n) is 7.88. The van der Waals surface area contributed by atoms with Gasteiger partial charge in [-0.15, -0.1) is 0 Å². The van der Waals surface area contributed by atoms with Crippen molar-refractivity contribution in [3.63, 3.8) is 0 Å². The average molecular weight is 281 g/mol. The zero-order valence-corrected chi connectivity index (χ0v) is 13.7.